The Hall–Kier alpha value is -3.16. The minimum absolute atomic E-state index is 0.108. The standard InChI is InChI=1S/C19H16F2N2O4/c1-19(15-12(20)5-3-6-13(15)21)17(24)23(18(25)22-19)10-11-4-2-7-14-16(11)27-9-8-26-14/h2-7H,8-10H2,1H3,(H,22,25)/t19-/m1/s1. The molecule has 0 saturated carbocycles. The molecule has 2 aliphatic rings. The van der Waals surface area contributed by atoms with Gasteiger partial charge >= 0.3 is 6.03 Å². The van der Waals surface area contributed by atoms with Crippen LogP contribution in [0.5, 0.6) is 11.5 Å². The van der Waals surface area contributed by atoms with E-state index in [9.17, 15) is 18.4 Å². The van der Waals surface area contributed by atoms with Crippen LogP contribution in [-0.4, -0.2) is 30.1 Å². The zero-order valence-electron chi connectivity index (χ0n) is 14.4. The number of imide groups is 1. The molecule has 4 rings (SSSR count). The van der Waals surface area contributed by atoms with Crippen molar-refractivity contribution in [2.75, 3.05) is 13.2 Å². The van der Waals surface area contributed by atoms with Crippen molar-refractivity contribution < 1.29 is 27.8 Å². The highest BCUT2D eigenvalue weighted by Gasteiger charge is 2.51. The smallest absolute Gasteiger partial charge is 0.325 e. The zero-order chi connectivity index (χ0) is 19.2. The molecular weight excluding hydrogens is 358 g/mol. The first-order chi connectivity index (χ1) is 12.9. The molecule has 0 bridgehead atoms. The van der Waals surface area contributed by atoms with Crippen LogP contribution in [-0.2, 0) is 16.9 Å². The summed E-state index contributed by atoms with van der Waals surface area (Å²) in [7, 11) is 0. The molecule has 2 aromatic carbocycles. The Kier molecular flexibility index (Phi) is 3.98. The van der Waals surface area contributed by atoms with E-state index in [2.05, 4.69) is 5.32 Å². The van der Waals surface area contributed by atoms with Crippen LogP contribution < -0.4 is 14.8 Å². The normalized spacial score (nSPS) is 21.4. The van der Waals surface area contributed by atoms with Crippen LogP contribution in [0.1, 0.15) is 18.1 Å². The number of ether oxygens (including phenoxy) is 2. The summed E-state index contributed by atoms with van der Waals surface area (Å²) in [6, 6.07) is 7.70. The van der Waals surface area contributed by atoms with Gasteiger partial charge in [0.25, 0.3) is 5.91 Å². The number of fused-ring (bicyclic) bond motifs is 1. The van der Waals surface area contributed by atoms with Crippen molar-refractivity contribution in [3.8, 4) is 11.5 Å². The summed E-state index contributed by atoms with van der Waals surface area (Å²) in [6.07, 6.45) is 0. The molecule has 0 spiro atoms. The first-order valence-electron chi connectivity index (χ1n) is 8.38. The number of nitrogens with zero attached hydrogens (tertiary/aromatic N) is 1. The number of para-hydroxylation sites is 1. The number of rotatable bonds is 3. The first-order valence-corrected chi connectivity index (χ1v) is 8.38. The van der Waals surface area contributed by atoms with E-state index in [0.717, 1.165) is 17.0 Å². The lowest BCUT2D eigenvalue weighted by Crippen LogP contribution is -2.42. The molecule has 27 heavy (non-hydrogen) atoms. The topological polar surface area (TPSA) is 67.9 Å². The number of benzene rings is 2. The molecule has 0 unspecified atom stereocenters. The van der Waals surface area contributed by atoms with Crippen molar-refractivity contribution >= 4 is 11.9 Å². The van der Waals surface area contributed by atoms with Gasteiger partial charge in [-0.15, -0.1) is 0 Å². The minimum atomic E-state index is -1.83. The molecule has 1 atom stereocenters. The van der Waals surface area contributed by atoms with Gasteiger partial charge in [-0.3, -0.25) is 9.69 Å². The fraction of sp³-hybridized carbons (Fsp3) is 0.263. The van der Waals surface area contributed by atoms with Crippen molar-refractivity contribution in [3.63, 3.8) is 0 Å². The van der Waals surface area contributed by atoms with Gasteiger partial charge in [0.1, 0.15) is 30.4 Å². The third-order valence-electron chi connectivity index (χ3n) is 4.71. The van der Waals surface area contributed by atoms with E-state index in [0.29, 0.717) is 30.3 Å². The molecule has 8 heteroatoms. The molecule has 2 aromatic rings. The van der Waals surface area contributed by atoms with Crippen LogP contribution in [0.2, 0.25) is 0 Å². The average Bonchev–Trinajstić information content (AvgIpc) is 2.85. The van der Waals surface area contributed by atoms with Gasteiger partial charge in [0.2, 0.25) is 0 Å². The third-order valence-corrected chi connectivity index (χ3v) is 4.71. The Morgan fingerprint density at radius 1 is 1.07 bits per heavy atom. The monoisotopic (exact) mass is 374 g/mol. The van der Waals surface area contributed by atoms with E-state index < -0.39 is 34.7 Å². The second kappa shape index (κ2) is 6.22. The highest BCUT2D eigenvalue weighted by molar-refractivity contribution is 6.07. The van der Waals surface area contributed by atoms with Gasteiger partial charge in [-0.1, -0.05) is 18.2 Å². The zero-order valence-corrected chi connectivity index (χ0v) is 14.4. The number of hydrogen-bond donors (Lipinski definition) is 1. The maximum Gasteiger partial charge on any atom is 0.325 e. The number of nitrogens with one attached hydrogen (secondary N) is 1. The van der Waals surface area contributed by atoms with E-state index >= 15 is 0 Å². The largest absolute Gasteiger partial charge is 0.486 e. The van der Waals surface area contributed by atoms with E-state index in [1.807, 2.05) is 0 Å². The van der Waals surface area contributed by atoms with Crippen molar-refractivity contribution in [1.29, 1.82) is 0 Å². The number of carbonyl (C=O) groups excluding carboxylic acids is 2. The summed E-state index contributed by atoms with van der Waals surface area (Å²) in [5.74, 6) is -1.57. The van der Waals surface area contributed by atoms with E-state index in [1.54, 1.807) is 18.2 Å². The van der Waals surface area contributed by atoms with Crippen LogP contribution in [0.4, 0.5) is 13.6 Å². The molecule has 140 valence electrons. The van der Waals surface area contributed by atoms with Crippen LogP contribution in [0.3, 0.4) is 0 Å². The second-order valence-electron chi connectivity index (χ2n) is 6.48. The molecule has 6 nitrogen and oxygen atoms in total. The fourth-order valence-electron chi connectivity index (χ4n) is 3.41. The molecule has 1 fully saturated rings. The SMILES string of the molecule is C[C@]1(c2c(F)cccc2F)NC(=O)N(Cc2cccc3c2OCCO3)C1=O. The van der Waals surface area contributed by atoms with Gasteiger partial charge in [-0.2, -0.15) is 0 Å². The molecule has 1 saturated heterocycles. The van der Waals surface area contributed by atoms with Crippen LogP contribution in [0, 0.1) is 11.6 Å². The molecule has 0 aromatic heterocycles. The van der Waals surface area contributed by atoms with Crippen molar-refractivity contribution in [2.24, 2.45) is 0 Å². The Morgan fingerprint density at radius 2 is 1.74 bits per heavy atom. The van der Waals surface area contributed by atoms with Gasteiger partial charge in [0.05, 0.1) is 12.1 Å². The summed E-state index contributed by atoms with van der Waals surface area (Å²) in [6.45, 7) is 1.93. The quantitative estimate of drug-likeness (QED) is 0.839. The highest BCUT2D eigenvalue weighted by Crippen LogP contribution is 2.37. The number of carbonyl (C=O) groups is 2. The van der Waals surface area contributed by atoms with E-state index in [4.69, 9.17) is 9.47 Å². The minimum Gasteiger partial charge on any atom is -0.486 e. The van der Waals surface area contributed by atoms with Gasteiger partial charge < -0.3 is 14.8 Å². The predicted octanol–water partition coefficient (Wildman–Crippen LogP) is 2.70. The summed E-state index contributed by atoms with van der Waals surface area (Å²) < 4.78 is 39.5. The Labute approximate surface area is 153 Å². The lowest BCUT2D eigenvalue weighted by atomic mass is 9.91. The van der Waals surface area contributed by atoms with Gasteiger partial charge in [0.15, 0.2) is 11.5 Å². The molecule has 0 aliphatic carbocycles. The van der Waals surface area contributed by atoms with Crippen LogP contribution in [0.15, 0.2) is 36.4 Å². The average molecular weight is 374 g/mol. The molecule has 2 heterocycles. The van der Waals surface area contributed by atoms with Gasteiger partial charge in [0, 0.05) is 5.56 Å². The molecule has 3 amide bonds. The van der Waals surface area contributed by atoms with E-state index in [-0.39, 0.29) is 6.54 Å². The number of halogens is 2. The lowest BCUT2D eigenvalue weighted by molar-refractivity contribution is -0.131. The van der Waals surface area contributed by atoms with Crippen molar-refractivity contribution in [2.45, 2.75) is 19.0 Å². The molecule has 1 N–H and O–H groups in total. The lowest BCUT2D eigenvalue weighted by Gasteiger charge is -2.24. The van der Waals surface area contributed by atoms with Crippen molar-refractivity contribution in [3.05, 3.63) is 59.2 Å². The highest BCUT2D eigenvalue weighted by atomic mass is 19.1. The van der Waals surface area contributed by atoms with Gasteiger partial charge in [-0.05, 0) is 25.1 Å². The fourth-order valence-corrected chi connectivity index (χ4v) is 3.41. The first kappa shape index (κ1) is 17.3. The summed E-state index contributed by atoms with van der Waals surface area (Å²) in [5, 5.41) is 2.41. The Bertz CT molecular complexity index is 929. The Balaban J connectivity index is 1.69. The van der Waals surface area contributed by atoms with Gasteiger partial charge in [-0.25, -0.2) is 13.6 Å². The van der Waals surface area contributed by atoms with Crippen molar-refractivity contribution in [1.82, 2.24) is 10.2 Å². The molecule has 0 radical (unpaired) electrons. The summed E-state index contributed by atoms with van der Waals surface area (Å²) in [5.41, 5.74) is -1.76. The summed E-state index contributed by atoms with van der Waals surface area (Å²) in [4.78, 5) is 26.3. The maximum absolute atomic E-state index is 14.2. The molecule has 2 aliphatic heterocycles. The Morgan fingerprint density at radius 3 is 2.48 bits per heavy atom. The second-order valence-corrected chi connectivity index (χ2v) is 6.48. The predicted molar refractivity (Wildman–Crippen MR) is 90.2 cm³/mol. The maximum atomic E-state index is 14.2. The number of amides is 3. The molecular formula is C19H16F2N2O4. The van der Waals surface area contributed by atoms with E-state index in [1.165, 1.54) is 13.0 Å². The third kappa shape index (κ3) is 2.68. The van der Waals surface area contributed by atoms with Crippen LogP contribution in [0.25, 0.3) is 0 Å². The van der Waals surface area contributed by atoms with Crippen LogP contribution >= 0.6 is 0 Å². The number of hydrogen-bond acceptors (Lipinski definition) is 4. The summed E-state index contributed by atoms with van der Waals surface area (Å²) >= 11 is 0. The number of urea groups is 1.